The van der Waals surface area contributed by atoms with Crippen molar-refractivity contribution in [1.82, 2.24) is 5.32 Å². The summed E-state index contributed by atoms with van der Waals surface area (Å²) in [5.74, 6) is 1.72. The summed E-state index contributed by atoms with van der Waals surface area (Å²) in [5.41, 5.74) is 0.816. The van der Waals surface area contributed by atoms with E-state index in [0.29, 0.717) is 6.04 Å². The summed E-state index contributed by atoms with van der Waals surface area (Å²) < 4.78 is 1.03. The van der Waals surface area contributed by atoms with E-state index < -0.39 is 0 Å². The third-order valence-electron chi connectivity index (χ3n) is 4.17. The van der Waals surface area contributed by atoms with E-state index >= 15 is 0 Å². The molecule has 0 aliphatic heterocycles. The molecule has 0 aromatic heterocycles. The van der Waals surface area contributed by atoms with Crippen LogP contribution in [0.25, 0.3) is 0 Å². The zero-order valence-electron chi connectivity index (χ0n) is 9.66. The van der Waals surface area contributed by atoms with Gasteiger partial charge in [-0.3, -0.25) is 4.79 Å². The lowest BCUT2D eigenvalue weighted by Gasteiger charge is -2.23. The highest BCUT2D eigenvalue weighted by atomic mass is 127. The second kappa shape index (κ2) is 4.59. The van der Waals surface area contributed by atoms with Gasteiger partial charge >= 0.3 is 0 Å². The Bertz CT molecular complexity index is 446. The lowest BCUT2D eigenvalue weighted by atomic mass is 9.95. The summed E-state index contributed by atoms with van der Waals surface area (Å²) in [7, 11) is 0. The molecule has 2 aliphatic carbocycles. The number of carbonyl (C=O) groups excluding carboxylic acids is 1. The first-order valence-corrected chi connectivity index (χ1v) is 7.37. The van der Waals surface area contributed by atoms with Crippen LogP contribution in [0.15, 0.2) is 24.3 Å². The number of benzene rings is 1. The number of nitrogens with one attached hydrogen (secondary N) is 1. The van der Waals surface area contributed by atoms with Crippen molar-refractivity contribution in [2.45, 2.75) is 31.7 Å². The smallest absolute Gasteiger partial charge is 0.252 e. The number of halogens is 1. The van der Waals surface area contributed by atoms with Gasteiger partial charge < -0.3 is 5.32 Å². The zero-order valence-corrected chi connectivity index (χ0v) is 11.8. The van der Waals surface area contributed by atoms with Gasteiger partial charge in [0.25, 0.3) is 5.91 Å². The first-order valence-electron chi connectivity index (χ1n) is 6.29. The van der Waals surface area contributed by atoms with Gasteiger partial charge in [-0.15, -0.1) is 0 Å². The molecular weight excluding hydrogens is 325 g/mol. The highest BCUT2D eigenvalue weighted by Gasteiger charge is 2.40. The van der Waals surface area contributed by atoms with Crippen LogP contribution in [0.2, 0.25) is 0 Å². The Morgan fingerprint density at radius 2 is 2.06 bits per heavy atom. The molecule has 2 nitrogen and oxygen atoms in total. The van der Waals surface area contributed by atoms with Crippen molar-refractivity contribution < 1.29 is 4.79 Å². The minimum atomic E-state index is 0.104. The minimum Gasteiger partial charge on any atom is -0.349 e. The van der Waals surface area contributed by atoms with E-state index in [0.717, 1.165) is 21.0 Å². The second-order valence-electron chi connectivity index (χ2n) is 5.23. The summed E-state index contributed by atoms with van der Waals surface area (Å²) in [5, 5.41) is 3.22. The van der Waals surface area contributed by atoms with E-state index in [1.807, 2.05) is 24.3 Å². The van der Waals surface area contributed by atoms with Crippen LogP contribution in [0.5, 0.6) is 0 Å². The van der Waals surface area contributed by atoms with Gasteiger partial charge in [0.15, 0.2) is 0 Å². The SMILES string of the molecule is O=C(N[C@@H]1C[C@@H]2CC[C@H]1C2)c1ccccc1I. The fourth-order valence-corrected chi connectivity index (χ4v) is 3.95. The number of amides is 1. The molecule has 1 aromatic carbocycles. The molecule has 3 rings (SSSR count). The lowest BCUT2D eigenvalue weighted by molar-refractivity contribution is 0.0922. The van der Waals surface area contributed by atoms with Crippen molar-refractivity contribution in [3.8, 4) is 0 Å². The molecule has 3 heteroatoms. The molecular formula is C14H16INO. The average Bonchev–Trinajstić information content (AvgIpc) is 2.91. The van der Waals surface area contributed by atoms with Crippen LogP contribution in [0.3, 0.4) is 0 Å². The Balaban J connectivity index is 1.70. The maximum absolute atomic E-state index is 12.2. The average molecular weight is 341 g/mol. The number of carbonyl (C=O) groups is 1. The van der Waals surface area contributed by atoms with Crippen LogP contribution in [0.4, 0.5) is 0 Å². The third-order valence-corrected chi connectivity index (χ3v) is 5.11. The number of fused-ring (bicyclic) bond motifs is 2. The molecule has 2 aliphatic rings. The van der Waals surface area contributed by atoms with Crippen molar-refractivity contribution in [1.29, 1.82) is 0 Å². The Labute approximate surface area is 115 Å². The van der Waals surface area contributed by atoms with Crippen LogP contribution in [-0.2, 0) is 0 Å². The van der Waals surface area contributed by atoms with Gasteiger partial charge in [0.05, 0.1) is 5.56 Å². The van der Waals surface area contributed by atoms with Crippen LogP contribution in [-0.4, -0.2) is 11.9 Å². The van der Waals surface area contributed by atoms with Gasteiger partial charge in [0, 0.05) is 9.61 Å². The molecule has 2 saturated carbocycles. The molecule has 0 unspecified atom stereocenters. The van der Waals surface area contributed by atoms with Crippen LogP contribution in [0.1, 0.15) is 36.0 Å². The van der Waals surface area contributed by atoms with E-state index in [4.69, 9.17) is 0 Å². The van der Waals surface area contributed by atoms with E-state index in [-0.39, 0.29) is 5.91 Å². The van der Waals surface area contributed by atoms with Crippen molar-refractivity contribution in [2.24, 2.45) is 11.8 Å². The third kappa shape index (κ3) is 2.21. The van der Waals surface area contributed by atoms with Gasteiger partial charge in [-0.1, -0.05) is 18.6 Å². The number of hydrogen-bond acceptors (Lipinski definition) is 1. The summed E-state index contributed by atoms with van der Waals surface area (Å²) in [6.45, 7) is 0. The standard InChI is InChI=1S/C14H16INO/c15-12-4-2-1-3-11(12)14(17)16-13-8-9-5-6-10(13)7-9/h1-4,9-10,13H,5-8H2,(H,16,17)/t9-,10+,13-/m1/s1. The molecule has 1 amide bonds. The highest BCUT2D eigenvalue weighted by Crippen LogP contribution is 2.44. The maximum atomic E-state index is 12.2. The fourth-order valence-electron chi connectivity index (χ4n) is 3.31. The summed E-state index contributed by atoms with van der Waals surface area (Å²) in [6, 6.07) is 8.21. The molecule has 2 bridgehead atoms. The summed E-state index contributed by atoms with van der Waals surface area (Å²) in [6.07, 6.45) is 5.21. The summed E-state index contributed by atoms with van der Waals surface area (Å²) >= 11 is 2.22. The Hall–Kier alpha value is -0.580. The molecule has 17 heavy (non-hydrogen) atoms. The largest absolute Gasteiger partial charge is 0.349 e. The second-order valence-corrected chi connectivity index (χ2v) is 6.40. The van der Waals surface area contributed by atoms with Gasteiger partial charge in [-0.05, 0) is 65.8 Å². The first-order chi connectivity index (χ1) is 8.24. The van der Waals surface area contributed by atoms with Crippen LogP contribution in [0, 0.1) is 15.4 Å². The molecule has 0 saturated heterocycles. The van der Waals surface area contributed by atoms with Crippen LogP contribution >= 0.6 is 22.6 Å². The van der Waals surface area contributed by atoms with E-state index in [1.165, 1.54) is 25.7 Å². The van der Waals surface area contributed by atoms with Crippen molar-refractivity contribution in [2.75, 3.05) is 0 Å². The molecule has 90 valence electrons. The monoisotopic (exact) mass is 341 g/mol. The molecule has 0 spiro atoms. The fraction of sp³-hybridized carbons (Fsp3) is 0.500. The van der Waals surface area contributed by atoms with Crippen molar-refractivity contribution in [3.63, 3.8) is 0 Å². The Morgan fingerprint density at radius 3 is 2.71 bits per heavy atom. The number of hydrogen-bond donors (Lipinski definition) is 1. The maximum Gasteiger partial charge on any atom is 0.252 e. The van der Waals surface area contributed by atoms with E-state index in [1.54, 1.807) is 0 Å². The quantitative estimate of drug-likeness (QED) is 0.823. The van der Waals surface area contributed by atoms with Gasteiger partial charge in [-0.25, -0.2) is 0 Å². The molecule has 0 heterocycles. The molecule has 2 fully saturated rings. The molecule has 1 aromatic rings. The van der Waals surface area contributed by atoms with E-state index in [9.17, 15) is 4.79 Å². The summed E-state index contributed by atoms with van der Waals surface area (Å²) in [4.78, 5) is 12.2. The Kier molecular flexibility index (Phi) is 3.11. The van der Waals surface area contributed by atoms with E-state index in [2.05, 4.69) is 27.9 Å². The molecule has 3 atom stereocenters. The van der Waals surface area contributed by atoms with Gasteiger partial charge in [0.1, 0.15) is 0 Å². The minimum absolute atomic E-state index is 0.104. The van der Waals surface area contributed by atoms with Gasteiger partial charge in [0.2, 0.25) is 0 Å². The highest BCUT2D eigenvalue weighted by molar-refractivity contribution is 14.1. The topological polar surface area (TPSA) is 29.1 Å². The van der Waals surface area contributed by atoms with Crippen molar-refractivity contribution >= 4 is 28.5 Å². The van der Waals surface area contributed by atoms with Crippen molar-refractivity contribution in [3.05, 3.63) is 33.4 Å². The predicted octanol–water partition coefficient (Wildman–Crippen LogP) is 3.21. The number of rotatable bonds is 2. The van der Waals surface area contributed by atoms with Crippen LogP contribution < -0.4 is 5.32 Å². The first kappa shape index (κ1) is 11.5. The predicted molar refractivity (Wildman–Crippen MR) is 75.9 cm³/mol. The zero-order chi connectivity index (χ0) is 11.8. The van der Waals surface area contributed by atoms with Gasteiger partial charge in [-0.2, -0.15) is 0 Å². The molecule has 1 N–H and O–H groups in total. The lowest BCUT2D eigenvalue weighted by Crippen LogP contribution is -2.38. The Morgan fingerprint density at radius 1 is 1.24 bits per heavy atom. The normalized spacial score (nSPS) is 30.5. The molecule has 0 radical (unpaired) electrons.